The second-order valence-corrected chi connectivity index (χ2v) is 22.2. The zero-order valence-electron chi connectivity index (χ0n) is 42.2. The Kier molecular flexibility index (Phi) is 10.3. The molecule has 0 saturated heterocycles. The molecular weight excluding hydrogens is 985 g/mol. The second kappa shape index (κ2) is 18.0. The summed E-state index contributed by atoms with van der Waals surface area (Å²) in [6.07, 6.45) is 0. The molecule has 78 heavy (non-hydrogen) atoms. The van der Waals surface area contributed by atoms with Crippen molar-refractivity contribution in [2.45, 2.75) is 0 Å². The van der Waals surface area contributed by atoms with E-state index in [1.54, 1.807) is 0 Å². The average Bonchev–Trinajstić information content (AvgIpc) is 4.40. The number of thiophene rings is 2. The van der Waals surface area contributed by atoms with Crippen LogP contribution in [0.15, 0.2) is 279 Å². The Morgan fingerprint density at radius 3 is 1.44 bits per heavy atom. The van der Waals surface area contributed by atoms with Gasteiger partial charge in [0.25, 0.3) is 0 Å². The molecule has 0 amide bonds. The van der Waals surface area contributed by atoms with Crippen molar-refractivity contribution in [2.75, 3.05) is 9.80 Å². The highest BCUT2D eigenvalue weighted by Crippen LogP contribution is 2.47. The molecule has 16 rings (SSSR count). The normalized spacial score (nSPS) is 11.8. The first-order chi connectivity index (χ1) is 38.7. The van der Waals surface area contributed by atoms with Crippen LogP contribution in [0.4, 0.5) is 34.1 Å². The van der Waals surface area contributed by atoms with Gasteiger partial charge in [0, 0.05) is 103 Å². The highest BCUT2D eigenvalue weighted by atomic mass is 32.1. The number of benzene rings is 12. The molecule has 366 valence electrons. The van der Waals surface area contributed by atoms with Crippen molar-refractivity contribution in [3.05, 3.63) is 279 Å². The van der Waals surface area contributed by atoms with Crippen LogP contribution < -0.4 is 9.80 Å². The summed E-state index contributed by atoms with van der Waals surface area (Å²) < 4.78 is 10.1. The van der Waals surface area contributed by atoms with Gasteiger partial charge in [-0.3, -0.25) is 0 Å². The second-order valence-electron chi connectivity index (χ2n) is 20.1. The number of aromatic nitrogens is 2. The Bertz CT molecular complexity index is 4970. The molecule has 0 spiro atoms. The van der Waals surface area contributed by atoms with E-state index >= 15 is 0 Å². The summed E-state index contributed by atoms with van der Waals surface area (Å²) in [4.78, 5) is 4.82. The van der Waals surface area contributed by atoms with E-state index in [1.165, 1.54) is 78.4 Å². The minimum Gasteiger partial charge on any atom is -0.310 e. The first kappa shape index (κ1) is 44.6. The molecule has 0 N–H and O–H groups in total. The Morgan fingerprint density at radius 2 is 0.705 bits per heavy atom. The van der Waals surface area contributed by atoms with Crippen LogP contribution in [0.3, 0.4) is 0 Å². The van der Waals surface area contributed by atoms with Crippen LogP contribution in [-0.4, -0.2) is 9.13 Å². The third-order valence-electron chi connectivity index (χ3n) is 15.7. The molecular formula is C72H46N4S2. The maximum Gasteiger partial charge on any atom is 0.0719 e. The highest BCUT2D eigenvalue weighted by Gasteiger charge is 2.23. The molecule has 0 fully saturated rings. The quantitative estimate of drug-likeness (QED) is 0.143. The predicted molar refractivity (Wildman–Crippen MR) is 336 cm³/mol. The van der Waals surface area contributed by atoms with Gasteiger partial charge in [-0.05, 0) is 132 Å². The molecule has 0 bridgehead atoms. The van der Waals surface area contributed by atoms with E-state index in [9.17, 15) is 0 Å². The summed E-state index contributed by atoms with van der Waals surface area (Å²) in [5.41, 5.74) is 15.9. The molecule has 4 heterocycles. The summed E-state index contributed by atoms with van der Waals surface area (Å²) in [7, 11) is 0. The summed E-state index contributed by atoms with van der Waals surface area (Å²) >= 11 is 3.74. The maximum absolute atomic E-state index is 2.48. The molecule has 4 nitrogen and oxygen atoms in total. The molecule has 4 aromatic heterocycles. The lowest BCUT2D eigenvalue weighted by molar-refractivity contribution is 1.18. The Morgan fingerprint density at radius 1 is 0.244 bits per heavy atom. The Balaban J connectivity index is 0.830. The largest absolute Gasteiger partial charge is 0.310 e. The van der Waals surface area contributed by atoms with Crippen LogP contribution in [-0.2, 0) is 0 Å². The lowest BCUT2D eigenvalue weighted by Gasteiger charge is -2.27. The molecule has 0 atom stereocenters. The Hall–Kier alpha value is -9.72. The summed E-state index contributed by atoms with van der Waals surface area (Å²) in [5.74, 6) is 0. The van der Waals surface area contributed by atoms with Crippen molar-refractivity contribution in [1.29, 1.82) is 0 Å². The molecule has 6 heteroatoms. The zero-order chi connectivity index (χ0) is 51.3. The minimum atomic E-state index is 1.08. The van der Waals surface area contributed by atoms with Crippen LogP contribution in [0.25, 0.3) is 106 Å². The fourth-order valence-corrected chi connectivity index (χ4v) is 14.5. The first-order valence-electron chi connectivity index (χ1n) is 26.5. The van der Waals surface area contributed by atoms with Gasteiger partial charge in [0.2, 0.25) is 0 Å². The van der Waals surface area contributed by atoms with Crippen molar-refractivity contribution < 1.29 is 0 Å². The fourth-order valence-electron chi connectivity index (χ4n) is 12.2. The van der Waals surface area contributed by atoms with Gasteiger partial charge in [-0.15, -0.1) is 22.7 Å². The molecule has 16 aromatic rings. The molecule has 0 saturated carbocycles. The van der Waals surface area contributed by atoms with Crippen LogP contribution in [0.5, 0.6) is 0 Å². The van der Waals surface area contributed by atoms with E-state index in [0.717, 1.165) is 62.1 Å². The van der Waals surface area contributed by atoms with Crippen molar-refractivity contribution in [1.82, 2.24) is 9.13 Å². The minimum absolute atomic E-state index is 1.08. The van der Waals surface area contributed by atoms with Gasteiger partial charge < -0.3 is 18.9 Å². The predicted octanol–water partition coefficient (Wildman–Crippen LogP) is 21.2. The molecule has 0 aliphatic carbocycles. The third kappa shape index (κ3) is 7.11. The molecule has 12 aromatic carbocycles. The maximum atomic E-state index is 2.48. The van der Waals surface area contributed by atoms with E-state index in [4.69, 9.17) is 0 Å². The zero-order valence-corrected chi connectivity index (χ0v) is 43.8. The van der Waals surface area contributed by atoms with E-state index in [0.29, 0.717) is 0 Å². The van der Waals surface area contributed by atoms with Gasteiger partial charge in [-0.1, -0.05) is 158 Å². The summed E-state index contributed by atoms with van der Waals surface area (Å²) in [6.45, 7) is 0. The standard InChI is InChI=1S/C72H46N4S2/c1-4-18-49(19-5-1)73(55-36-39-59-62-40-41-63-60-26-11-15-30-69(60)78-72(63)71(62)76(67(59)46-55)51-22-8-3-9-23-51)52-33-31-47(32-34-52)48-17-16-24-53(43-48)74(54-37-42-70-64(44-54)61-27-12-14-29-68(61)77-70)56-35-38-58-57-25-10-13-28-65(57)75(66(58)45-56)50-20-6-2-7-21-50/h1-46H. The van der Waals surface area contributed by atoms with Gasteiger partial charge in [0.05, 0.1) is 26.8 Å². The average molecular weight is 1030 g/mol. The van der Waals surface area contributed by atoms with Gasteiger partial charge in [0.15, 0.2) is 0 Å². The van der Waals surface area contributed by atoms with Crippen LogP contribution >= 0.6 is 22.7 Å². The number of hydrogen-bond acceptors (Lipinski definition) is 4. The molecule has 0 unspecified atom stereocenters. The van der Waals surface area contributed by atoms with Gasteiger partial charge >= 0.3 is 0 Å². The summed E-state index contributed by atoms with van der Waals surface area (Å²) in [5, 5.41) is 10.1. The van der Waals surface area contributed by atoms with Crippen molar-refractivity contribution in [2.24, 2.45) is 0 Å². The van der Waals surface area contributed by atoms with Gasteiger partial charge in [-0.2, -0.15) is 0 Å². The number of fused-ring (bicyclic) bond motifs is 13. The van der Waals surface area contributed by atoms with Gasteiger partial charge in [0.1, 0.15) is 0 Å². The van der Waals surface area contributed by atoms with E-state index < -0.39 is 0 Å². The number of rotatable bonds is 9. The van der Waals surface area contributed by atoms with Crippen LogP contribution in [0, 0.1) is 0 Å². The van der Waals surface area contributed by atoms with Crippen LogP contribution in [0.2, 0.25) is 0 Å². The molecule has 0 aliphatic rings. The van der Waals surface area contributed by atoms with Crippen molar-refractivity contribution in [3.8, 4) is 22.5 Å². The van der Waals surface area contributed by atoms with Gasteiger partial charge in [-0.25, -0.2) is 0 Å². The fraction of sp³-hybridized carbons (Fsp3) is 0. The number of hydrogen-bond donors (Lipinski definition) is 0. The topological polar surface area (TPSA) is 16.3 Å². The number of para-hydroxylation sites is 4. The first-order valence-corrected chi connectivity index (χ1v) is 28.1. The monoisotopic (exact) mass is 1030 g/mol. The number of anilines is 6. The lowest BCUT2D eigenvalue weighted by Crippen LogP contribution is -2.10. The van der Waals surface area contributed by atoms with E-state index in [1.807, 2.05) is 22.7 Å². The summed E-state index contributed by atoms with van der Waals surface area (Å²) in [6, 6.07) is 102. The van der Waals surface area contributed by atoms with Crippen molar-refractivity contribution in [3.63, 3.8) is 0 Å². The van der Waals surface area contributed by atoms with E-state index in [2.05, 4.69) is 298 Å². The highest BCUT2D eigenvalue weighted by molar-refractivity contribution is 7.26. The smallest absolute Gasteiger partial charge is 0.0719 e. The lowest BCUT2D eigenvalue weighted by atomic mass is 10.0. The van der Waals surface area contributed by atoms with Crippen LogP contribution in [0.1, 0.15) is 0 Å². The number of nitrogens with zero attached hydrogens (tertiary/aromatic N) is 4. The van der Waals surface area contributed by atoms with Crippen molar-refractivity contribution >= 4 is 141 Å². The van der Waals surface area contributed by atoms with E-state index in [-0.39, 0.29) is 0 Å². The third-order valence-corrected chi connectivity index (χ3v) is 18.0. The molecule has 0 aliphatic heterocycles. The SMILES string of the molecule is c1ccc(N(c2ccc(-c3cccc(N(c4ccc5sc6ccccc6c5c4)c4ccc5c6ccccc6n(-c6ccccc6)c5c4)c3)cc2)c2ccc3c4ccc5c6ccccc6sc5c4n(-c4ccccc4)c3c2)cc1. The Labute approximate surface area is 458 Å². The molecule has 0 radical (unpaired) electrons.